The second kappa shape index (κ2) is 9.21. The lowest BCUT2D eigenvalue weighted by Gasteiger charge is -2.27. The molecule has 1 amide bonds. The Bertz CT molecular complexity index is 977. The molecule has 0 aromatic heterocycles. The van der Waals surface area contributed by atoms with E-state index in [2.05, 4.69) is 4.72 Å². The number of nitrogens with zero attached hydrogens (tertiary/aromatic N) is 1. The van der Waals surface area contributed by atoms with Crippen molar-refractivity contribution in [3.63, 3.8) is 0 Å². The Morgan fingerprint density at radius 3 is 2.53 bits per heavy atom. The number of carbonyl (C=O) groups is 1. The molecule has 0 radical (unpaired) electrons. The van der Waals surface area contributed by atoms with E-state index < -0.39 is 23.5 Å². The SMILES string of the molecule is CSNC(=O)c1cc(C2CC2)c(OCC2CCCN2c2ccc(C(F)(F)F)cc2)cc1F. The maximum absolute atomic E-state index is 14.6. The van der Waals surface area contributed by atoms with Crippen LogP contribution in [-0.2, 0) is 6.18 Å². The number of hydrogen-bond acceptors (Lipinski definition) is 4. The summed E-state index contributed by atoms with van der Waals surface area (Å²) in [7, 11) is 0. The summed E-state index contributed by atoms with van der Waals surface area (Å²) in [6.45, 7) is 1.01. The van der Waals surface area contributed by atoms with Gasteiger partial charge in [-0.05, 0) is 67.5 Å². The molecule has 1 unspecified atom stereocenters. The highest BCUT2D eigenvalue weighted by Crippen LogP contribution is 2.45. The van der Waals surface area contributed by atoms with Gasteiger partial charge in [0.15, 0.2) is 0 Å². The summed E-state index contributed by atoms with van der Waals surface area (Å²) in [5.74, 6) is -0.430. The molecule has 1 saturated heterocycles. The van der Waals surface area contributed by atoms with Gasteiger partial charge in [0.25, 0.3) is 5.91 Å². The summed E-state index contributed by atoms with van der Waals surface area (Å²) >= 11 is 1.11. The van der Waals surface area contributed by atoms with Crippen LogP contribution in [0.2, 0.25) is 0 Å². The van der Waals surface area contributed by atoms with Gasteiger partial charge >= 0.3 is 6.18 Å². The quantitative estimate of drug-likeness (QED) is 0.413. The second-order valence-electron chi connectivity index (χ2n) is 8.12. The zero-order valence-electron chi connectivity index (χ0n) is 17.5. The van der Waals surface area contributed by atoms with E-state index in [1.54, 1.807) is 12.3 Å². The average molecular weight is 469 g/mol. The van der Waals surface area contributed by atoms with Gasteiger partial charge in [0.05, 0.1) is 17.2 Å². The standard InChI is InChI=1S/C23H24F4N2O2S/c1-32-28-22(30)19-11-18(14-4-5-14)21(12-20(19)24)31-13-17-3-2-10-29(17)16-8-6-15(7-9-16)23(25,26)27/h6-9,11-12,14,17H,2-5,10,13H2,1H3,(H,28,30). The van der Waals surface area contributed by atoms with Gasteiger partial charge in [-0.15, -0.1) is 0 Å². The smallest absolute Gasteiger partial charge is 0.416 e. The third kappa shape index (κ3) is 4.98. The van der Waals surface area contributed by atoms with Crippen LogP contribution in [0.5, 0.6) is 5.75 Å². The first-order valence-electron chi connectivity index (χ1n) is 10.5. The third-order valence-electron chi connectivity index (χ3n) is 5.89. The summed E-state index contributed by atoms with van der Waals surface area (Å²) in [5.41, 5.74) is 0.864. The Morgan fingerprint density at radius 1 is 1.19 bits per heavy atom. The van der Waals surface area contributed by atoms with E-state index in [0.717, 1.165) is 61.9 Å². The van der Waals surface area contributed by atoms with Crippen LogP contribution in [-0.4, -0.2) is 31.4 Å². The van der Waals surface area contributed by atoms with Gasteiger partial charge in [0.2, 0.25) is 0 Å². The topological polar surface area (TPSA) is 41.6 Å². The van der Waals surface area contributed by atoms with E-state index in [4.69, 9.17) is 4.74 Å². The molecule has 2 aromatic rings. The molecule has 9 heteroatoms. The molecule has 1 N–H and O–H groups in total. The lowest BCUT2D eigenvalue weighted by Crippen LogP contribution is -2.34. The van der Waals surface area contributed by atoms with E-state index in [9.17, 15) is 22.4 Å². The Hall–Kier alpha value is -2.42. The Labute approximate surface area is 188 Å². The van der Waals surface area contributed by atoms with Crippen LogP contribution in [0, 0.1) is 5.82 Å². The van der Waals surface area contributed by atoms with Crippen LogP contribution < -0.4 is 14.4 Å². The lowest BCUT2D eigenvalue weighted by molar-refractivity contribution is -0.137. The first kappa shape index (κ1) is 22.8. The van der Waals surface area contributed by atoms with Crippen LogP contribution in [0.4, 0.5) is 23.2 Å². The van der Waals surface area contributed by atoms with Crippen molar-refractivity contribution in [3.05, 3.63) is 58.9 Å². The molecular formula is C23H24F4N2O2S. The Kier molecular flexibility index (Phi) is 6.55. The normalized spacial score (nSPS) is 18.7. The number of ether oxygens (including phenoxy) is 1. The number of alkyl halides is 3. The molecule has 1 aliphatic heterocycles. The van der Waals surface area contributed by atoms with Crippen molar-refractivity contribution in [3.8, 4) is 5.75 Å². The van der Waals surface area contributed by atoms with Gasteiger partial charge < -0.3 is 9.64 Å². The van der Waals surface area contributed by atoms with Crippen LogP contribution >= 0.6 is 11.9 Å². The van der Waals surface area contributed by atoms with Gasteiger partial charge in [-0.3, -0.25) is 9.52 Å². The average Bonchev–Trinajstić information content (AvgIpc) is 3.49. The first-order valence-corrected chi connectivity index (χ1v) is 11.7. The molecule has 32 heavy (non-hydrogen) atoms. The fraction of sp³-hybridized carbons (Fsp3) is 0.435. The van der Waals surface area contributed by atoms with Crippen molar-refractivity contribution < 1.29 is 27.1 Å². The summed E-state index contributed by atoms with van der Waals surface area (Å²) in [6.07, 6.45) is 0.982. The molecule has 0 spiro atoms. The molecule has 1 heterocycles. The van der Waals surface area contributed by atoms with Gasteiger partial charge in [0, 0.05) is 24.6 Å². The summed E-state index contributed by atoms with van der Waals surface area (Å²) in [4.78, 5) is 14.2. The maximum atomic E-state index is 14.6. The Balaban J connectivity index is 1.49. The Morgan fingerprint density at radius 2 is 1.91 bits per heavy atom. The lowest BCUT2D eigenvalue weighted by atomic mass is 10.0. The fourth-order valence-corrected chi connectivity index (χ4v) is 4.40. The van der Waals surface area contributed by atoms with Crippen molar-refractivity contribution in [2.75, 3.05) is 24.3 Å². The molecule has 0 bridgehead atoms. The second-order valence-corrected chi connectivity index (χ2v) is 8.74. The summed E-state index contributed by atoms with van der Waals surface area (Å²) in [6, 6.07) is 7.97. The fourth-order valence-electron chi connectivity index (χ4n) is 4.11. The van der Waals surface area contributed by atoms with Crippen LogP contribution in [0.3, 0.4) is 0 Å². The zero-order valence-corrected chi connectivity index (χ0v) is 18.4. The number of amides is 1. The van der Waals surface area contributed by atoms with E-state index in [-0.39, 0.29) is 24.1 Å². The minimum absolute atomic E-state index is 0.000785. The van der Waals surface area contributed by atoms with Gasteiger partial charge in [0.1, 0.15) is 18.2 Å². The maximum Gasteiger partial charge on any atom is 0.416 e. The molecule has 1 atom stereocenters. The molecule has 2 aliphatic rings. The summed E-state index contributed by atoms with van der Waals surface area (Å²) in [5, 5.41) is 0. The molecule has 4 rings (SSSR count). The number of anilines is 1. The zero-order chi connectivity index (χ0) is 22.9. The highest BCUT2D eigenvalue weighted by molar-refractivity contribution is 7.97. The minimum Gasteiger partial charge on any atom is -0.491 e. The van der Waals surface area contributed by atoms with Crippen molar-refractivity contribution in [2.45, 2.75) is 43.8 Å². The predicted octanol–water partition coefficient (Wildman–Crippen LogP) is 5.78. The number of rotatable bonds is 7. The summed E-state index contributed by atoms with van der Waals surface area (Å²) < 4.78 is 61.7. The van der Waals surface area contributed by atoms with Crippen molar-refractivity contribution in [1.82, 2.24) is 4.72 Å². The monoisotopic (exact) mass is 468 g/mol. The molecule has 4 nitrogen and oxygen atoms in total. The number of hydrogen-bond donors (Lipinski definition) is 1. The van der Waals surface area contributed by atoms with Crippen LogP contribution in [0.15, 0.2) is 36.4 Å². The van der Waals surface area contributed by atoms with Crippen LogP contribution in [0.25, 0.3) is 0 Å². The van der Waals surface area contributed by atoms with Crippen molar-refractivity contribution >= 4 is 23.5 Å². The molecule has 1 saturated carbocycles. The van der Waals surface area contributed by atoms with Crippen molar-refractivity contribution in [2.24, 2.45) is 0 Å². The highest BCUT2D eigenvalue weighted by Gasteiger charge is 2.32. The third-order valence-corrected chi connectivity index (χ3v) is 6.28. The van der Waals surface area contributed by atoms with E-state index in [1.807, 2.05) is 4.90 Å². The first-order chi connectivity index (χ1) is 15.3. The minimum atomic E-state index is -4.37. The number of halogens is 4. The van der Waals surface area contributed by atoms with E-state index >= 15 is 0 Å². The van der Waals surface area contributed by atoms with Crippen molar-refractivity contribution in [1.29, 1.82) is 0 Å². The van der Waals surface area contributed by atoms with Gasteiger partial charge in [-0.1, -0.05) is 11.9 Å². The molecule has 1 aliphatic carbocycles. The van der Waals surface area contributed by atoms with E-state index in [0.29, 0.717) is 11.4 Å². The van der Waals surface area contributed by atoms with Gasteiger partial charge in [-0.2, -0.15) is 13.2 Å². The molecule has 2 aromatic carbocycles. The predicted molar refractivity (Wildman–Crippen MR) is 117 cm³/mol. The number of nitrogens with one attached hydrogen (secondary N) is 1. The molecule has 172 valence electrons. The number of benzene rings is 2. The van der Waals surface area contributed by atoms with E-state index in [1.165, 1.54) is 18.2 Å². The van der Waals surface area contributed by atoms with Crippen LogP contribution in [0.1, 0.15) is 53.1 Å². The molecular weight excluding hydrogens is 444 g/mol. The number of carbonyl (C=O) groups excluding carboxylic acids is 1. The molecule has 2 fully saturated rings. The largest absolute Gasteiger partial charge is 0.491 e. The van der Waals surface area contributed by atoms with Gasteiger partial charge in [-0.25, -0.2) is 4.39 Å². The highest BCUT2D eigenvalue weighted by atomic mass is 32.2.